The second kappa shape index (κ2) is 19.6. The van der Waals surface area contributed by atoms with Crippen LogP contribution in [0.3, 0.4) is 0 Å². The van der Waals surface area contributed by atoms with Crippen molar-refractivity contribution in [2.24, 2.45) is 11.8 Å². The number of carbonyl (C=O) groups is 4. The number of esters is 2. The molecule has 0 bridgehead atoms. The first-order chi connectivity index (χ1) is 18.2. The normalized spacial score (nSPS) is 20.4. The van der Waals surface area contributed by atoms with Gasteiger partial charge >= 0.3 is 11.9 Å². The molecule has 0 radical (unpaired) electrons. The average molecular weight is 535 g/mol. The SMILES string of the molecule is CCCCCC(C=C[C@H]1C(OC(C)=O)CC(=O)[C@@H]1CC=CCCCC(=O)NCCN(CC)CC)OC(C)=O. The third-order valence-corrected chi connectivity index (χ3v) is 6.96. The first kappa shape index (κ1) is 33.5. The van der Waals surface area contributed by atoms with Crippen molar-refractivity contribution in [1.82, 2.24) is 10.2 Å². The highest BCUT2D eigenvalue weighted by atomic mass is 16.5. The maximum absolute atomic E-state index is 12.8. The Kier molecular flexibility index (Phi) is 17.3. The Balaban J connectivity index is 2.65. The number of carbonyl (C=O) groups excluding carboxylic acids is 4. The summed E-state index contributed by atoms with van der Waals surface area (Å²) in [5.41, 5.74) is 0. The molecule has 1 aliphatic rings. The van der Waals surface area contributed by atoms with Crippen molar-refractivity contribution >= 4 is 23.6 Å². The van der Waals surface area contributed by atoms with E-state index in [1.54, 1.807) is 0 Å². The van der Waals surface area contributed by atoms with Crippen LogP contribution in [0.1, 0.15) is 92.4 Å². The number of ketones is 1. The molecule has 2 unspecified atom stereocenters. The van der Waals surface area contributed by atoms with Gasteiger partial charge in [-0.05, 0) is 51.3 Å². The molecule has 0 aromatic carbocycles. The van der Waals surface area contributed by atoms with E-state index >= 15 is 0 Å². The highest BCUT2D eigenvalue weighted by Crippen LogP contribution is 2.35. The van der Waals surface area contributed by atoms with Crippen LogP contribution in [-0.4, -0.2) is 66.9 Å². The van der Waals surface area contributed by atoms with Crippen LogP contribution in [0.25, 0.3) is 0 Å². The molecule has 0 aromatic rings. The molecule has 1 fully saturated rings. The topological polar surface area (TPSA) is 102 Å². The van der Waals surface area contributed by atoms with E-state index in [1.807, 2.05) is 24.3 Å². The molecule has 1 saturated carbocycles. The van der Waals surface area contributed by atoms with Gasteiger partial charge in [-0.1, -0.05) is 51.8 Å². The zero-order valence-electron chi connectivity index (χ0n) is 24.2. The lowest BCUT2D eigenvalue weighted by molar-refractivity contribution is -0.147. The number of nitrogens with zero attached hydrogens (tertiary/aromatic N) is 1. The number of hydrogen-bond acceptors (Lipinski definition) is 7. The van der Waals surface area contributed by atoms with Crippen LogP contribution in [0, 0.1) is 11.8 Å². The monoisotopic (exact) mass is 534 g/mol. The van der Waals surface area contributed by atoms with Gasteiger partial charge in [0.2, 0.25) is 5.91 Å². The first-order valence-corrected chi connectivity index (χ1v) is 14.4. The third kappa shape index (κ3) is 13.9. The summed E-state index contributed by atoms with van der Waals surface area (Å²) in [5.74, 6) is -1.19. The predicted molar refractivity (Wildman–Crippen MR) is 149 cm³/mol. The summed E-state index contributed by atoms with van der Waals surface area (Å²) in [6.07, 6.45) is 13.4. The van der Waals surface area contributed by atoms with E-state index in [0.717, 1.165) is 58.2 Å². The molecule has 0 aromatic heterocycles. The van der Waals surface area contributed by atoms with E-state index in [1.165, 1.54) is 13.8 Å². The van der Waals surface area contributed by atoms with Crippen molar-refractivity contribution in [2.45, 2.75) is 105 Å². The van der Waals surface area contributed by atoms with Crippen molar-refractivity contribution in [3.05, 3.63) is 24.3 Å². The zero-order valence-corrected chi connectivity index (χ0v) is 24.2. The van der Waals surface area contributed by atoms with Crippen molar-refractivity contribution in [1.29, 1.82) is 0 Å². The van der Waals surface area contributed by atoms with Crippen LogP contribution in [-0.2, 0) is 28.7 Å². The molecule has 1 N–H and O–H groups in total. The van der Waals surface area contributed by atoms with Crippen molar-refractivity contribution in [3.8, 4) is 0 Å². The number of likely N-dealkylation sites (N-methyl/N-ethyl adjacent to an activating group) is 1. The summed E-state index contributed by atoms with van der Waals surface area (Å²) in [4.78, 5) is 50.4. The molecule has 8 heteroatoms. The molecule has 38 heavy (non-hydrogen) atoms. The van der Waals surface area contributed by atoms with Gasteiger partial charge in [0, 0.05) is 51.6 Å². The fourth-order valence-corrected chi connectivity index (χ4v) is 4.82. The average Bonchev–Trinajstić information content (AvgIpc) is 3.15. The number of amides is 1. The number of rotatable bonds is 19. The fourth-order valence-electron chi connectivity index (χ4n) is 4.82. The lowest BCUT2D eigenvalue weighted by Gasteiger charge is -2.21. The summed E-state index contributed by atoms with van der Waals surface area (Å²) in [5, 5.41) is 2.97. The summed E-state index contributed by atoms with van der Waals surface area (Å²) in [6, 6.07) is 0. The van der Waals surface area contributed by atoms with Gasteiger partial charge in [0.1, 0.15) is 18.0 Å². The Morgan fingerprint density at radius 1 is 1.05 bits per heavy atom. The number of hydrogen-bond donors (Lipinski definition) is 1. The Labute approximate surface area is 229 Å². The second-order valence-corrected chi connectivity index (χ2v) is 10.0. The predicted octanol–water partition coefficient (Wildman–Crippen LogP) is 4.77. The van der Waals surface area contributed by atoms with E-state index in [4.69, 9.17) is 9.47 Å². The maximum Gasteiger partial charge on any atom is 0.303 e. The number of unbranched alkanes of at least 4 members (excludes halogenated alkanes) is 3. The van der Waals surface area contributed by atoms with Crippen LogP contribution in [0.15, 0.2) is 24.3 Å². The number of allylic oxidation sites excluding steroid dienone is 2. The Bertz CT molecular complexity index is 790. The van der Waals surface area contributed by atoms with Crippen molar-refractivity contribution in [2.75, 3.05) is 26.2 Å². The zero-order chi connectivity index (χ0) is 28.3. The van der Waals surface area contributed by atoms with E-state index in [-0.39, 0.29) is 42.0 Å². The number of ether oxygens (including phenoxy) is 2. The van der Waals surface area contributed by atoms with Crippen LogP contribution in [0.4, 0.5) is 0 Å². The quantitative estimate of drug-likeness (QED) is 0.145. The number of Topliss-reactive ketones (excluding diaryl/α,β-unsaturated/α-hetero) is 1. The molecule has 4 atom stereocenters. The third-order valence-electron chi connectivity index (χ3n) is 6.96. The van der Waals surface area contributed by atoms with Gasteiger partial charge < -0.3 is 19.7 Å². The van der Waals surface area contributed by atoms with Gasteiger partial charge in [-0.15, -0.1) is 0 Å². The summed E-state index contributed by atoms with van der Waals surface area (Å²) in [6.45, 7) is 12.6. The fraction of sp³-hybridized carbons (Fsp3) is 0.733. The van der Waals surface area contributed by atoms with Crippen molar-refractivity contribution < 1.29 is 28.7 Å². The Hall–Kier alpha value is -2.48. The molecule has 0 spiro atoms. The standard InChI is InChI=1S/C30H50N2O6/c1-6-9-12-15-25(37-23(4)33)18-19-27-26(28(35)22-29(27)38-24(5)34)16-13-10-11-14-17-30(36)31-20-21-32(7-2)8-3/h10,13,18-19,25-27,29H,6-9,11-12,14-17,20-22H2,1-5H3,(H,31,36)/t25?,26-,27-,29?/m1/s1. The first-order valence-electron chi connectivity index (χ1n) is 14.4. The largest absolute Gasteiger partial charge is 0.461 e. The van der Waals surface area contributed by atoms with E-state index < -0.39 is 12.1 Å². The lowest BCUT2D eigenvalue weighted by atomic mass is 9.90. The molecule has 0 saturated heterocycles. The van der Waals surface area contributed by atoms with Crippen LogP contribution in [0.2, 0.25) is 0 Å². The van der Waals surface area contributed by atoms with Gasteiger partial charge in [-0.3, -0.25) is 19.2 Å². The summed E-state index contributed by atoms with van der Waals surface area (Å²) in [7, 11) is 0. The smallest absolute Gasteiger partial charge is 0.303 e. The molecular formula is C30H50N2O6. The minimum absolute atomic E-state index is 0.0622. The highest BCUT2D eigenvalue weighted by molar-refractivity contribution is 5.85. The molecule has 1 aliphatic carbocycles. The Morgan fingerprint density at radius 2 is 1.79 bits per heavy atom. The Morgan fingerprint density at radius 3 is 2.42 bits per heavy atom. The maximum atomic E-state index is 12.8. The van der Waals surface area contributed by atoms with Crippen LogP contribution >= 0.6 is 0 Å². The van der Waals surface area contributed by atoms with Gasteiger partial charge in [0.05, 0.1) is 0 Å². The van der Waals surface area contributed by atoms with Crippen LogP contribution < -0.4 is 5.32 Å². The number of nitrogens with one attached hydrogen (secondary N) is 1. The minimum atomic E-state index is -0.511. The lowest BCUT2D eigenvalue weighted by Crippen LogP contribution is -2.34. The van der Waals surface area contributed by atoms with E-state index in [9.17, 15) is 19.2 Å². The van der Waals surface area contributed by atoms with E-state index in [0.29, 0.717) is 19.4 Å². The van der Waals surface area contributed by atoms with Crippen LogP contribution in [0.5, 0.6) is 0 Å². The molecule has 1 amide bonds. The summed E-state index contributed by atoms with van der Waals surface area (Å²) < 4.78 is 10.9. The van der Waals surface area contributed by atoms with Gasteiger partial charge in [-0.2, -0.15) is 0 Å². The summed E-state index contributed by atoms with van der Waals surface area (Å²) >= 11 is 0. The van der Waals surface area contributed by atoms with Gasteiger partial charge in [0.15, 0.2) is 0 Å². The van der Waals surface area contributed by atoms with Crippen molar-refractivity contribution in [3.63, 3.8) is 0 Å². The second-order valence-electron chi connectivity index (χ2n) is 10.0. The highest BCUT2D eigenvalue weighted by Gasteiger charge is 2.42. The van der Waals surface area contributed by atoms with Gasteiger partial charge in [-0.25, -0.2) is 0 Å². The molecule has 0 heterocycles. The molecular weight excluding hydrogens is 484 g/mol. The molecule has 8 nitrogen and oxygen atoms in total. The van der Waals surface area contributed by atoms with E-state index in [2.05, 4.69) is 31.0 Å². The molecule has 0 aliphatic heterocycles. The molecule has 1 rings (SSSR count). The van der Waals surface area contributed by atoms with Gasteiger partial charge in [0.25, 0.3) is 0 Å². The molecule has 216 valence electrons. The minimum Gasteiger partial charge on any atom is -0.461 e.